The lowest BCUT2D eigenvalue weighted by Gasteiger charge is -2.30. The zero-order valence-corrected chi connectivity index (χ0v) is 17.0. The van der Waals surface area contributed by atoms with Crippen molar-refractivity contribution < 1.29 is 22.4 Å². The fourth-order valence-electron chi connectivity index (χ4n) is 2.50. The molecular formula is C19H25N3O5S. The average molecular weight is 407 g/mol. The number of likely N-dealkylation sites (N-methyl/N-ethyl adjacent to an activating group) is 1. The lowest BCUT2D eigenvalue weighted by molar-refractivity contribution is -0.140. The number of rotatable bonds is 9. The third-order valence-corrected chi connectivity index (χ3v) is 5.57. The molecule has 1 N–H and O–H groups in total. The summed E-state index contributed by atoms with van der Waals surface area (Å²) in [7, 11) is -2.19. The van der Waals surface area contributed by atoms with Gasteiger partial charge < -0.3 is 14.6 Å². The molecule has 8 nitrogen and oxygen atoms in total. The lowest BCUT2D eigenvalue weighted by atomic mass is 10.1. The Bertz CT molecular complexity index is 882. The van der Waals surface area contributed by atoms with Crippen LogP contribution in [0.1, 0.15) is 18.2 Å². The van der Waals surface area contributed by atoms with Crippen LogP contribution in [0, 0.1) is 0 Å². The Hall–Kier alpha value is -2.65. The summed E-state index contributed by atoms with van der Waals surface area (Å²) in [6, 6.07) is 11.9. The van der Waals surface area contributed by atoms with E-state index in [1.807, 2.05) is 30.3 Å². The highest BCUT2D eigenvalue weighted by atomic mass is 32.2. The summed E-state index contributed by atoms with van der Waals surface area (Å²) in [5, 5.41) is 2.73. The molecule has 2 amide bonds. The fourth-order valence-corrected chi connectivity index (χ4v) is 2.84. The SMILES string of the molecule is C[C@@H](C(=O)NCc1ccco1)N(Cc1ccccc1)C(=O)CN(C)S(C)(=O)=O. The van der Waals surface area contributed by atoms with Gasteiger partial charge in [-0.2, -0.15) is 4.31 Å². The third kappa shape index (κ3) is 6.21. The van der Waals surface area contributed by atoms with E-state index in [1.165, 1.54) is 18.2 Å². The van der Waals surface area contributed by atoms with Crippen LogP contribution in [0.4, 0.5) is 0 Å². The van der Waals surface area contributed by atoms with Gasteiger partial charge in [0.1, 0.15) is 11.8 Å². The van der Waals surface area contributed by atoms with Gasteiger partial charge in [0.2, 0.25) is 21.8 Å². The van der Waals surface area contributed by atoms with Gasteiger partial charge in [-0.3, -0.25) is 9.59 Å². The smallest absolute Gasteiger partial charge is 0.242 e. The van der Waals surface area contributed by atoms with E-state index in [1.54, 1.807) is 19.1 Å². The van der Waals surface area contributed by atoms with Crippen molar-refractivity contribution in [2.75, 3.05) is 19.8 Å². The van der Waals surface area contributed by atoms with E-state index in [-0.39, 0.29) is 25.5 Å². The summed E-state index contributed by atoms with van der Waals surface area (Å²) in [6.07, 6.45) is 2.54. The summed E-state index contributed by atoms with van der Waals surface area (Å²) in [5.74, 6) is -0.224. The van der Waals surface area contributed by atoms with E-state index in [4.69, 9.17) is 4.42 Å². The molecule has 0 aliphatic heterocycles. The van der Waals surface area contributed by atoms with E-state index in [0.717, 1.165) is 16.1 Å². The van der Waals surface area contributed by atoms with Gasteiger partial charge in [0.15, 0.2) is 0 Å². The highest BCUT2D eigenvalue weighted by Gasteiger charge is 2.28. The molecule has 2 rings (SSSR count). The first-order chi connectivity index (χ1) is 13.2. The predicted octanol–water partition coefficient (Wildman–Crippen LogP) is 1.20. The van der Waals surface area contributed by atoms with Crippen LogP contribution < -0.4 is 5.32 Å². The molecule has 0 fully saturated rings. The molecule has 152 valence electrons. The lowest BCUT2D eigenvalue weighted by Crippen LogP contribution is -2.50. The van der Waals surface area contributed by atoms with Crippen LogP contribution in [0.15, 0.2) is 53.1 Å². The molecule has 28 heavy (non-hydrogen) atoms. The van der Waals surface area contributed by atoms with Gasteiger partial charge in [0.25, 0.3) is 0 Å². The minimum atomic E-state index is -3.52. The van der Waals surface area contributed by atoms with Crippen LogP contribution in [0.25, 0.3) is 0 Å². The van der Waals surface area contributed by atoms with Gasteiger partial charge in [0.05, 0.1) is 25.6 Å². The molecule has 0 aliphatic rings. The first-order valence-corrected chi connectivity index (χ1v) is 10.6. The van der Waals surface area contributed by atoms with Crippen LogP contribution in [-0.4, -0.2) is 55.3 Å². The minimum absolute atomic E-state index is 0.187. The van der Waals surface area contributed by atoms with Crippen molar-refractivity contribution in [2.24, 2.45) is 0 Å². The third-order valence-electron chi connectivity index (χ3n) is 4.30. The number of nitrogens with zero attached hydrogens (tertiary/aromatic N) is 2. The molecule has 0 radical (unpaired) electrons. The summed E-state index contributed by atoms with van der Waals surface area (Å²) in [5.41, 5.74) is 0.837. The monoisotopic (exact) mass is 407 g/mol. The van der Waals surface area contributed by atoms with Gasteiger partial charge in [-0.1, -0.05) is 30.3 Å². The number of nitrogens with one attached hydrogen (secondary N) is 1. The minimum Gasteiger partial charge on any atom is -0.467 e. The van der Waals surface area contributed by atoms with Gasteiger partial charge in [-0.15, -0.1) is 0 Å². The Morgan fingerprint density at radius 3 is 2.39 bits per heavy atom. The number of amides is 2. The Balaban J connectivity index is 2.13. The molecule has 1 aromatic carbocycles. The van der Waals surface area contributed by atoms with Crippen molar-refractivity contribution in [2.45, 2.75) is 26.1 Å². The van der Waals surface area contributed by atoms with Crippen molar-refractivity contribution >= 4 is 21.8 Å². The molecule has 0 aliphatic carbocycles. The number of benzene rings is 1. The number of carbonyl (C=O) groups excluding carboxylic acids is 2. The van der Waals surface area contributed by atoms with Gasteiger partial charge in [-0.05, 0) is 24.6 Å². The second kappa shape index (κ2) is 9.52. The highest BCUT2D eigenvalue weighted by Crippen LogP contribution is 2.11. The zero-order valence-electron chi connectivity index (χ0n) is 16.2. The second-order valence-corrected chi connectivity index (χ2v) is 8.59. The maximum atomic E-state index is 12.8. The summed E-state index contributed by atoms with van der Waals surface area (Å²) in [6.45, 7) is 1.65. The van der Waals surface area contributed by atoms with Crippen molar-refractivity contribution in [1.29, 1.82) is 0 Å². The number of sulfonamides is 1. The Morgan fingerprint density at radius 1 is 1.14 bits per heavy atom. The fraction of sp³-hybridized carbons (Fsp3) is 0.368. The molecule has 1 heterocycles. The molecule has 0 saturated heterocycles. The first kappa shape index (κ1) is 21.6. The Labute approximate surface area is 165 Å². The van der Waals surface area contributed by atoms with E-state index >= 15 is 0 Å². The van der Waals surface area contributed by atoms with Gasteiger partial charge in [-0.25, -0.2) is 8.42 Å². The molecule has 1 aromatic heterocycles. The van der Waals surface area contributed by atoms with Crippen molar-refractivity contribution in [3.8, 4) is 0 Å². The molecule has 2 aromatic rings. The van der Waals surface area contributed by atoms with Gasteiger partial charge in [0, 0.05) is 13.6 Å². The van der Waals surface area contributed by atoms with E-state index in [2.05, 4.69) is 5.32 Å². The normalized spacial score (nSPS) is 12.6. The van der Waals surface area contributed by atoms with Crippen LogP contribution in [0.2, 0.25) is 0 Å². The largest absolute Gasteiger partial charge is 0.467 e. The van der Waals surface area contributed by atoms with Crippen LogP contribution in [-0.2, 0) is 32.7 Å². The number of hydrogen-bond donors (Lipinski definition) is 1. The molecule has 0 unspecified atom stereocenters. The molecule has 1 atom stereocenters. The maximum Gasteiger partial charge on any atom is 0.242 e. The van der Waals surface area contributed by atoms with Crippen LogP contribution in [0.5, 0.6) is 0 Å². The Morgan fingerprint density at radius 2 is 1.82 bits per heavy atom. The number of hydrogen-bond acceptors (Lipinski definition) is 5. The zero-order chi connectivity index (χ0) is 20.7. The summed E-state index contributed by atoms with van der Waals surface area (Å²) < 4.78 is 29.4. The average Bonchev–Trinajstić information content (AvgIpc) is 3.17. The van der Waals surface area contributed by atoms with Crippen molar-refractivity contribution in [3.63, 3.8) is 0 Å². The molecule has 0 saturated carbocycles. The summed E-state index contributed by atoms with van der Waals surface area (Å²) in [4.78, 5) is 26.8. The van der Waals surface area contributed by atoms with Crippen LogP contribution >= 0.6 is 0 Å². The van der Waals surface area contributed by atoms with Crippen molar-refractivity contribution in [3.05, 3.63) is 60.1 Å². The van der Waals surface area contributed by atoms with E-state index < -0.39 is 22.0 Å². The maximum absolute atomic E-state index is 12.8. The number of furan rings is 1. The van der Waals surface area contributed by atoms with Crippen LogP contribution in [0.3, 0.4) is 0 Å². The van der Waals surface area contributed by atoms with Gasteiger partial charge >= 0.3 is 0 Å². The first-order valence-electron chi connectivity index (χ1n) is 8.73. The summed E-state index contributed by atoms with van der Waals surface area (Å²) >= 11 is 0. The standard InChI is InChI=1S/C19H25N3O5S/c1-15(19(24)20-12-17-10-7-11-27-17)22(13-16-8-5-4-6-9-16)18(23)14-21(2)28(3,25)26/h4-11,15H,12-14H2,1-3H3,(H,20,24)/t15-/m0/s1. The molecule has 0 spiro atoms. The Kier molecular flexibility index (Phi) is 7.36. The van der Waals surface area contributed by atoms with E-state index in [0.29, 0.717) is 5.76 Å². The second-order valence-electron chi connectivity index (χ2n) is 6.50. The topological polar surface area (TPSA) is 99.9 Å². The highest BCUT2D eigenvalue weighted by molar-refractivity contribution is 7.88. The molecule has 0 bridgehead atoms. The van der Waals surface area contributed by atoms with Crippen molar-refractivity contribution in [1.82, 2.24) is 14.5 Å². The predicted molar refractivity (Wildman–Crippen MR) is 104 cm³/mol. The molecule has 9 heteroatoms. The van der Waals surface area contributed by atoms with E-state index in [9.17, 15) is 18.0 Å². The molecular weight excluding hydrogens is 382 g/mol. The quantitative estimate of drug-likeness (QED) is 0.673. The number of carbonyl (C=O) groups is 2.